The predicted molar refractivity (Wildman–Crippen MR) is 108 cm³/mol. The van der Waals surface area contributed by atoms with Gasteiger partial charge in [-0.15, -0.1) is 4.99 Å². The molecule has 2 heterocycles. The Morgan fingerprint density at radius 2 is 2.28 bits per heavy atom. The van der Waals surface area contributed by atoms with E-state index in [0.717, 1.165) is 4.57 Å². The van der Waals surface area contributed by atoms with Crippen LogP contribution in [-0.4, -0.2) is 43.8 Å². The lowest BCUT2D eigenvalue weighted by Crippen LogP contribution is -2.22. The Bertz CT molecular complexity index is 1140. The van der Waals surface area contributed by atoms with E-state index >= 15 is 0 Å². The molecule has 0 aliphatic rings. The van der Waals surface area contributed by atoms with Gasteiger partial charge in [0.2, 0.25) is 12.0 Å². The van der Waals surface area contributed by atoms with Gasteiger partial charge in [0.05, 0.1) is 10.2 Å². The molecule has 14 heteroatoms. The number of hydrogen-bond acceptors (Lipinski definition) is 10. The van der Waals surface area contributed by atoms with Crippen LogP contribution >= 0.6 is 39.5 Å². The van der Waals surface area contributed by atoms with Crippen LogP contribution in [0.3, 0.4) is 0 Å². The minimum Gasteiger partial charge on any atom is -0.363 e. The van der Waals surface area contributed by atoms with E-state index in [9.17, 15) is 9.18 Å². The highest BCUT2D eigenvalue weighted by Crippen LogP contribution is 2.28. The minimum atomic E-state index is -0.767. The van der Waals surface area contributed by atoms with Gasteiger partial charge in [0.1, 0.15) is 5.82 Å². The van der Waals surface area contributed by atoms with Crippen molar-refractivity contribution in [2.75, 3.05) is 18.6 Å². The highest BCUT2D eigenvalue weighted by molar-refractivity contribution is 9.10. The van der Waals surface area contributed by atoms with E-state index in [2.05, 4.69) is 41.7 Å². The molecule has 0 atom stereocenters. The Balaban J connectivity index is 1.81. The standard InChI is InChI=1S/C15H11BrFN7O3S2/c1-28-14(20-7-18)19-4-5-29-13-11(21-27-23-13)12-22-26-15(25)24(12)8-2-3-10(17)9(16)6-8/h2-3,6H,4-5H2,1H3,(H,19,20). The molecule has 1 aromatic carbocycles. The van der Waals surface area contributed by atoms with Crippen molar-refractivity contribution in [3.05, 3.63) is 39.0 Å². The maximum absolute atomic E-state index is 13.5. The molecule has 3 rings (SSSR count). The Labute approximate surface area is 179 Å². The normalized spacial score (nSPS) is 11.4. The molecule has 0 fully saturated rings. The Morgan fingerprint density at radius 1 is 1.45 bits per heavy atom. The Morgan fingerprint density at radius 3 is 3.00 bits per heavy atom. The third-order valence-corrected chi connectivity index (χ3v) is 5.58. The average Bonchev–Trinajstić information content (AvgIpc) is 3.32. The number of nitriles is 1. The van der Waals surface area contributed by atoms with E-state index in [0.29, 0.717) is 28.2 Å². The van der Waals surface area contributed by atoms with Crippen molar-refractivity contribution in [2.24, 2.45) is 4.99 Å². The fourth-order valence-electron chi connectivity index (χ4n) is 2.17. The van der Waals surface area contributed by atoms with Gasteiger partial charge in [-0.3, -0.25) is 4.52 Å². The van der Waals surface area contributed by atoms with Crippen molar-refractivity contribution in [3.63, 3.8) is 0 Å². The summed E-state index contributed by atoms with van der Waals surface area (Å²) in [5, 5.41) is 23.9. The summed E-state index contributed by atoms with van der Waals surface area (Å²) in [5.74, 6) is -0.634. The van der Waals surface area contributed by atoms with Gasteiger partial charge in [-0.1, -0.05) is 28.7 Å². The Kier molecular flexibility index (Phi) is 7.07. The number of benzene rings is 1. The van der Waals surface area contributed by atoms with Crippen LogP contribution in [0.5, 0.6) is 0 Å². The number of amidine groups is 1. The maximum atomic E-state index is 13.5. The van der Waals surface area contributed by atoms with Crippen LogP contribution in [0, 0.1) is 17.3 Å². The van der Waals surface area contributed by atoms with Crippen LogP contribution in [0.25, 0.3) is 17.2 Å². The highest BCUT2D eigenvalue weighted by Gasteiger charge is 2.23. The molecule has 0 saturated heterocycles. The third-order valence-electron chi connectivity index (χ3n) is 3.40. The Hall–Kier alpha value is -2.63. The zero-order valence-corrected chi connectivity index (χ0v) is 17.8. The van der Waals surface area contributed by atoms with Gasteiger partial charge in [0, 0.05) is 12.3 Å². The molecule has 0 spiro atoms. The first-order valence-electron chi connectivity index (χ1n) is 7.79. The molecule has 2 aromatic heterocycles. The van der Waals surface area contributed by atoms with Crippen molar-refractivity contribution >= 4 is 44.6 Å². The van der Waals surface area contributed by atoms with Gasteiger partial charge in [-0.05, 0) is 50.7 Å². The zero-order valence-electron chi connectivity index (χ0n) is 14.6. The molecule has 3 aromatic rings. The first kappa shape index (κ1) is 21.1. The number of aromatic nitrogens is 4. The predicted octanol–water partition coefficient (Wildman–Crippen LogP) is 2.66. The molecule has 0 bridgehead atoms. The summed E-state index contributed by atoms with van der Waals surface area (Å²) in [6.45, 7) is 0.495. The second-order valence-corrected chi connectivity index (χ2v) is 7.85. The highest BCUT2D eigenvalue weighted by atomic mass is 79.9. The van der Waals surface area contributed by atoms with E-state index in [4.69, 9.17) is 14.4 Å². The summed E-state index contributed by atoms with van der Waals surface area (Å²) in [7, 11) is 0. The molecular weight excluding hydrogens is 489 g/mol. The minimum absolute atomic E-state index is 0.0704. The summed E-state index contributed by atoms with van der Waals surface area (Å²) >= 11 is 5.70. The van der Waals surface area contributed by atoms with Gasteiger partial charge in [0.25, 0.3) is 0 Å². The maximum Gasteiger partial charge on any atom is 0.446 e. The summed E-state index contributed by atoms with van der Waals surface area (Å²) in [4.78, 5) is 15.8. The fraction of sp³-hybridized carbons (Fsp3) is 0.200. The average molecular weight is 500 g/mol. The lowest BCUT2D eigenvalue weighted by atomic mass is 10.3. The smallest absolute Gasteiger partial charge is 0.363 e. The molecule has 0 aliphatic carbocycles. The first-order chi connectivity index (χ1) is 14.0. The summed E-state index contributed by atoms with van der Waals surface area (Å²) < 4.78 is 24.4. The molecule has 0 radical (unpaired) electrons. The molecule has 0 amide bonds. The second kappa shape index (κ2) is 9.72. The zero-order chi connectivity index (χ0) is 20.8. The van der Waals surface area contributed by atoms with Gasteiger partial charge in [-0.25, -0.2) is 18.4 Å². The van der Waals surface area contributed by atoms with Gasteiger partial charge >= 0.3 is 5.76 Å². The number of halogens is 2. The van der Waals surface area contributed by atoms with Crippen LogP contribution in [0.1, 0.15) is 0 Å². The van der Waals surface area contributed by atoms with Crippen molar-refractivity contribution in [2.45, 2.75) is 5.03 Å². The van der Waals surface area contributed by atoms with Crippen LogP contribution in [0.15, 0.2) is 46.6 Å². The van der Waals surface area contributed by atoms with E-state index in [1.807, 2.05) is 0 Å². The third kappa shape index (κ3) is 4.86. The molecular formula is C15H11BrFN7O3S2. The molecule has 150 valence electrons. The largest absolute Gasteiger partial charge is 0.446 e. The lowest BCUT2D eigenvalue weighted by molar-refractivity contribution is 0.299. The van der Waals surface area contributed by atoms with Crippen molar-refractivity contribution in [1.29, 1.82) is 5.26 Å². The topological polar surface area (TPSA) is 135 Å². The monoisotopic (exact) mass is 499 g/mol. The summed E-state index contributed by atoms with van der Waals surface area (Å²) in [6, 6.07) is 4.03. The number of nitrogens with zero attached hydrogens (tertiary/aromatic N) is 6. The molecule has 1 N–H and O–H groups in total. The lowest BCUT2D eigenvalue weighted by Gasteiger charge is -2.05. The van der Waals surface area contributed by atoms with Crippen LogP contribution in [0.4, 0.5) is 4.39 Å². The van der Waals surface area contributed by atoms with E-state index in [1.165, 1.54) is 41.7 Å². The molecule has 0 unspecified atom stereocenters. The van der Waals surface area contributed by atoms with E-state index in [-0.39, 0.29) is 16.0 Å². The van der Waals surface area contributed by atoms with Crippen LogP contribution < -0.4 is 11.1 Å². The number of nitrogens with one attached hydrogen (secondary N) is 1. The van der Waals surface area contributed by atoms with Gasteiger partial charge in [-0.2, -0.15) is 5.26 Å². The summed E-state index contributed by atoms with van der Waals surface area (Å²) in [6.07, 6.45) is 3.52. The van der Waals surface area contributed by atoms with Gasteiger partial charge in [0.15, 0.2) is 15.9 Å². The van der Waals surface area contributed by atoms with E-state index < -0.39 is 11.6 Å². The van der Waals surface area contributed by atoms with Gasteiger partial charge < -0.3 is 5.32 Å². The second-order valence-electron chi connectivity index (χ2n) is 5.12. The number of thioether (sulfide) groups is 2. The number of hydrogen-bond donors (Lipinski definition) is 1. The summed E-state index contributed by atoms with van der Waals surface area (Å²) in [5.41, 5.74) is 0.537. The SMILES string of the molecule is CSC(=NC#N)NCCSc1nonc1-c1noc(=O)n1-c1ccc(F)c(Br)c1. The van der Waals surface area contributed by atoms with Crippen LogP contribution in [0.2, 0.25) is 0 Å². The number of aliphatic imine (C=N–C) groups is 1. The van der Waals surface area contributed by atoms with Crippen LogP contribution in [-0.2, 0) is 0 Å². The fourth-order valence-corrected chi connectivity index (χ4v) is 3.67. The molecule has 0 saturated carbocycles. The van der Waals surface area contributed by atoms with Crippen molar-refractivity contribution in [1.82, 2.24) is 25.4 Å². The van der Waals surface area contributed by atoms with Crippen molar-refractivity contribution < 1.29 is 13.5 Å². The molecule has 0 aliphatic heterocycles. The first-order valence-corrected chi connectivity index (χ1v) is 10.8. The molecule has 29 heavy (non-hydrogen) atoms. The van der Waals surface area contributed by atoms with Crippen molar-refractivity contribution in [3.8, 4) is 23.4 Å². The number of rotatable bonds is 6. The molecule has 10 nitrogen and oxygen atoms in total. The quantitative estimate of drug-likeness (QED) is 0.177. The van der Waals surface area contributed by atoms with E-state index in [1.54, 1.807) is 12.4 Å².